The Morgan fingerprint density at radius 1 is 1.35 bits per heavy atom. The van der Waals surface area contributed by atoms with Crippen LogP contribution in [0.15, 0.2) is 30.5 Å². The molecule has 3 N–H and O–H groups in total. The molecule has 0 spiro atoms. The number of carbonyl (C=O) groups is 1. The summed E-state index contributed by atoms with van der Waals surface area (Å²) >= 11 is 0. The Morgan fingerprint density at radius 2 is 2.12 bits per heavy atom. The highest BCUT2D eigenvalue weighted by Gasteiger charge is 2.53. The van der Waals surface area contributed by atoms with Crippen LogP contribution in [0.3, 0.4) is 0 Å². The number of aliphatic carboxylic acids is 1. The van der Waals surface area contributed by atoms with Crippen molar-refractivity contribution < 1.29 is 15.0 Å². The molecule has 0 amide bonds. The third kappa shape index (κ3) is 1.45. The molecule has 0 radical (unpaired) electrons. The summed E-state index contributed by atoms with van der Waals surface area (Å²) in [6.07, 6.45) is 2.01. The molecule has 2 aromatic rings. The quantitative estimate of drug-likeness (QED) is 0.752. The van der Waals surface area contributed by atoms with Crippen LogP contribution in [-0.4, -0.2) is 27.3 Å². The number of aliphatic hydroxyl groups excluding tert-OH is 1. The van der Waals surface area contributed by atoms with Gasteiger partial charge in [-0.15, -0.1) is 0 Å². The van der Waals surface area contributed by atoms with Crippen LogP contribution in [-0.2, 0) is 10.2 Å². The first-order valence-electron chi connectivity index (χ1n) is 5.62. The third-order valence-electron chi connectivity index (χ3n) is 3.67. The largest absolute Gasteiger partial charge is 0.479 e. The highest BCUT2D eigenvalue weighted by molar-refractivity contribution is 5.82. The van der Waals surface area contributed by atoms with Crippen molar-refractivity contribution in [1.82, 2.24) is 4.98 Å². The first-order chi connectivity index (χ1) is 8.13. The van der Waals surface area contributed by atoms with Gasteiger partial charge in [0.1, 0.15) is 0 Å². The van der Waals surface area contributed by atoms with Crippen LogP contribution >= 0.6 is 0 Å². The van der Waals surface area contributed by atoms with Crippen molar-refractivity contribution in [3.63, 3.8) is 0 Å². The summed E-state index contributed by atoms with van der Waals surface area (Å²) in [4.78, 5) is 14.0. The molecule has 1 aliphatic carbocycles. The van der Waals surface area contributed by atoms with Gasteiger partial charge in [-0.3, -0.25) is 0 Å². The van der Waals surface area contributed by atoms with E-state index in [0.717, 1.165) is 29.3 Å². The molecule has 1 fully saturated rings. The van der Waals surface area contributed by atoms with Crippen molar-refractivity contribution >= 4 is 16.9 Å². The lowest BCUT2D eigenvalue weighted by molar-refractivity contribution is -0.148. The third-order valence-corrected chi connectivity index (χ3v) is 3.67. The van der Waals surface area contributed by atoms with Gasteiger partial charge in [0.05, 0.1) is 0 Å². The maximum absolute atomic E-state index is 10.9. The van der Waals surface area contributed by atoms with E-state index in [1.807, 2.05) is 30.5 Å². The Bertz CT molecular complexity index is 583. The number of carboxylic acid groups (broad SMARTS) is 1. The van der Waals surface area contributed by atoms with Crippen molar-refractivity contribution in [2.24, 2.45) is 0 Å². The van der Waals surface area contributed by atoms with E-state index >= 15 is 0 Å². The second-order valence-electron chi connectivity index (χ2n) is 4.68. The summed E-state index contributed by atoms with van der Waals surface area (Å²) in [5.74, 6) is -1.14. The van der Waals surface area contributed by atoms with Crippen LogP contribution in [0.4, 0.5) is 0 Å². The number of carboxylic acids is 1. The van der Waals surface area contributed by atoms with E-state index in [-0.39, 0.29) is 0 Å². The SMILES string of the molecule is O=C(O)C(O)C1(c2ccc3[nH]ccc3c2)CC1. The maximum Gasteiger partial charge on any atom is 0.333 e. The van der Waals surface area contributed by atoms with Gasteiger partial charge in [-0.1, -0.05) is 6.07 Å². The summed E-state index contributed by atoms with van der Waals surface area (Å²) in [6, 6.07) is 7.74. The Balaban J connectivity index is 2.06. The van der Waals surface area contributed by atoms with Crippen LogP contribution in [0.2, 0.25) is 0 Å². The fraction of sp³-hybridized carbons (Fsp3) is 0.308. The lowest BCUT2D eigenvalue weighted by atomic mass is 9.89. The molecule has 4 heteroatoms. The normalized spacial score (nSPS) is 19.1. The molecule has 4 nitrogen and oxygen atoms in total. The van der Waals surface area contributed by atoms with Crippen LogP contribution in [0, 0.1) is 0 Å². The number of nitrogens with one attached hydrogen (secondary N) is 1. The number of aromatic nitrogens is 1. The van der Waals surface area contributed by atoms with Crippen molar-refractivity contribution in [3.05, 3.63) is 36.0 Å². The summed E-state index contributed by atoms with van der Waals surface area (Å²) < 4.78 is 0. The van der Waals surface area contributed by atoms with Gasteiger partial charge in [0.25, 0.3) is 0 Å². The Hall–Kier alpha value is -1.81. The molecule has 1 aromatic carbocycles. The summed E-state index contributed by atoms with van der Waals surface area (Å²) in [5.41, 5.74) is 1.37. The molecule has 1 saturated carbocycles. The van der Waals surface area contributed by atoms with Crippen molar-refractivity contribution in [1.29, 1.82) is 0 Å². The van der Waals surface area contributed by atoms with Crippen LogP contribution in [0.5, 0.6) is 0 Å². The van der Waals surface area contributed by atoms with E-state index in [2.05, 4.69) is 4.98 Å². The van der Waals surface area contributed by atoms with Gasteiger partial charge >= 0.3 is 5.97 Å². The Labute approximate surface area is 97.9 Å². The minimum absolute atomic E-state index is 0.572. The van der Waals surface area contributed by atoms with E-state index in [9.17, 15) is 9.90 Å². The molecule has 88 valence electrons. The molecular weight excluding hydrogens is 218 g/mol. The molecule has 1 heterocycles. The van der Waals surface area contributed by atoms with Crippen LogP contribution in [0.1, 0.15) is 18.4 Å². The van der Waals surface area contributed by atoms with Crippen molar-refractivity contribution in [2.45, 2.75) is 24.4 Å². The highest BCUT2D eigenvalue weighted by Crippen LogP contribution is 2.51. The number of hydrogen-bond donors (Lipinski definition) is 3. The zero-order valence-electron chi connectivity index (χ0n) is 9.18. The number of benzene rings is 1. The first-order valence-corrected chi connectivity index (χ1v) is 5.62. The zero-order chi connectivity index (χ0) is 12.0. The lowest BCUT2D eigenvalue weighted by Crippen LogP contribution is -2.33. The number of rotatable bonds is 3. The van der Waals surface area contributed by atoms with Gasteiger partial charge in [0.2, 0.25) is 0 Å². The molecule has 1 unspecified atom stereocenters. The van der Waals surface area contributed by atoms with Crippen molar-refractivity contribution in [3.8, 4) is 0 Å². The van der Waals surface area contributed by atoms with Crippen molar-refractivity contribution in [2.75, 3.05) is 0 Å². The fourth-order valence-corrected chi connectivity index (χ4v) is 2.45. The molecule has 1 aromatic heterocycles. The van der Waals surface area contributed by atoms with Gasteiger partial charge < -0.3 is 15.2 Å². The number of aliphatic hydroxyl groups is 1. The smallest absolute Gasteiger partial charge is 0.333 e. The second kappa shape index (κ2) is 3.34. The summed E-state index contributed by atoms with van der Waals surface area (Å²) in [5, 5.41) is 19.8. The molecular formula is C13H13NO3. The minimum atomic E-state index is -1.31. The van der Waals surface area contributed by atoms with Gasteiger partial charge in [0, 0.05) is 17.1 Å². The molecule has 3 rings (SSSR count). The van der Waals surface area contributed by atoms with Gasteiger partial charge in [-0.05, 0) is 42.0 Å². The molecule has 0 aliphatic heterocycles. The molecule has 0 saturated heterocycles. The Kier molecular flexibility index (Phi) is 2.03. The molecule has 1 aliphatic rings. The zero-order valence-corrected chi connectivity index (χ0v) is 9.18. The first kappa shape index (κ1) is 10.4. The van der Waals surface area contributed by atoms with E-state index < -0.39 is 17.5 Å². The van der Waals surface area contributed by atoms with E-state index in [4.69, 9.17) is 5.11 Å². The average molecular weight is 231 g/mol. The lowest BCUT2D eigenvalue weighted by Gasteiger charge is -2.19. The average Bonchev–Trinajstić information content (AvgIpc) is 2.99. The predicted molar refractivity (Wildman–Crippen MR) is 62.9 cm³/mol. The highest BCUT2D eigenvalue weighted by atomic mass is 16.4. The van der Waals surface area contributed by atoms with E-state index in [1.54, 1.807) is 0 Å². The maximum atomic E-state index is 10.9. The van der Waals surface area contributed by atoms with Gasteiger partial charge in [-0.25, -0.2) is 4.79 Å². The molecule has 0 bridgehead atoms. The Morgan fingerprint density at radius 3 is 2.76 bits per heavy atom. The topological polar surface area (TPSA) is 73.3 Å². The standard InChI is InChI=1S/C13H13NO3/c15-11(12(16)17)13(4-5-13)9-1-2-10-8(7-9)3-6-14-10/h1-3,6-7,11,14-15H,4-5H2,(H,16,17). The second-order valence-corrected chi connectivity index (χ2v) is 4.68. The number of hydrogen-bond acceptors (Lipinski definition) is 2. The minimum Gasteiger partial charge on any atom is -0.479 e. The van der Waals surface area contributed by atoms with Gasteiger partial charge in [-0.2, -0.15) is 0 Å². The number of aromatic amines is 1. The van der Waals surface area contributed by atoms with E-state index in [1.165, 1.54) is 0 Å². The van der Waals surface area contributed by atoms with Crippen LogP contribution < -0.4 is 0 Å². The molecule has 1 atom stereocenters. The van der Waals surface area contributed by atoms with Crippen LogP contribution in [0.25, 0.3) is 10.9 Å². The number of H-pyrrole nitrogens is 1. The van der Waals surface area contributed by atoms with Gasteiger partial charge in [0.15, 0.2) is 6.10 Å². The summed E-state index contributed by atoms with van der Waals surface area (Å²) in [7, 11) is 0. The monoisotopic (exact) mass is 231 g/mol. The number of fused-ring (bicyclic) bond motifs is 1. The predicted octanol–water partition coefficient (Wildman–Crippen LogP) is 1.64. The van der Waals surface area contributed by atoms with E-state index in [0.29, 0.717) is 0 Å². The summed E-state index contributed by atoms with van der Waals surface area (Å²) in [6.45, 7) is 0. The molecule has 17 heavy (non-hydrogen) atoms. The fourth-order valence-electron chi connectivity index (χ4n) is 2.45.